The molecule has 0 spiro atoms. The summed E-state index contributed by atoms with van der Waals surface area (Å²) in [4.78, 5) is 0. The van der Waals surface area contributed by atoms with E-state index in [1.807, 2.05) is 6.92 Å². The lowest BCUT2D eigenvalue weighted by molar-refractivity contribution is 0.395. The predicted octanol–water partition coefficient (Wildman–Crippen LogP) is 1.86. The molecule has 0 unspecified atom stereocenters. The highest BCUT2D eigenvalue weighted by molar-refractivity contribution is 7.92. The Balaban J connectivity index is 2.98. The maximum absolute atomic E-state index is 11.6. The van der Waals surface area contributed by atoms with E-state index in [-0.39, 0.29) is 5.75 Å². The number of benzene rings is 1. The van der Waals surface area contributed by atoms with Crippen molar-refractivity contribution >= 4 is 15.7 Å². The van der Waals surface area contributed by atoms with Gasteiger partial charge in [0.1, 0.15) is 11.5 Å². The monoisotopic (exact) mass is 259 g/mol. The molecule has 5 nitrogen and oxygen atoms in total. The summed E-state index contributed by atoms with van der Waals surface area (Å²) in [6.07, 6.45) is 0.563. The smallest absolute Gasteiger partial charge is 0.232 e. The van der Waals surface area contributed by atoms with E-state index in [4.69, 9.17) is 9.47 Å². The van der Waals surface area contributed by atoms with Gasteiger partial charge in [-0.1, -0.05) is 6.92 Å². The molecule has 6 heteroatoms. The van der Waals surface area contributed by atoms with Gasteiger partial charge in [0.05, 0.1) is 25.7 Å². The Morgan fingerprint density at radius 2 is 1.94 bits per heavy atom. The molecular formula is C11H17NO4S. The van der Waals surface area contributed by atoms with Crippen LogP contribution in [0.5, 0.6) is 11.5 Å². The van der Waals surface area contributed by atoms with Crippen molar-refractivity contribution < 1.29 is 17.9 Å². The lowest BCUT2D eigenvalue weighted by Gasteiger charge is -2.12. The minimum Gasteiger partial charge on any atom is -0.497 e. The van der Waals surface area contributed by atoms with Gasteiger partial charge in [0.2, 0.25) is 10.0 Å². The zero-order valence-corrected chi connectivity index (χ0v) is 11.0. The van der Waals surface area contributed by atoms with Crippen LogP contribution in [0.1, 0.15) is 13.3 Å². The van der Waals surface area contributed by atoms with Gasteiger partial charge in [-0.3, -0.25) is 4.72 Å². The molecule has 0 atom stereocenters. The summed E-state index contributed by atoms with van der Waals surface area (Å²) >= 11 is 0. The molecular weight excluding hydrogens is 242 g/mol. The van der Waals surface area contributed by atoms with E-state index in [1.165, 1.54) is 14.2 Å². The number of rotatable bonds is 6. The van der Waals surface area contributed by atoms with Crippen molar-refractivity contribution in [2.45, 2.75) is 13.3 Å². The van der Waals surface area contributed by atoms with Gasteiger partial charge >= 0.3 is 0 Å². The van der Waals surface area contributed by atoms with E-state index < -0.39 is 10.0 Å². The van der Waals surface area contributed by atoms with Crippen molar-refractivity contribution in [1.82, 2.24) is 0 Å². The Hall–Kier alpha value is -1.43. The molecule has 1 aromatic rings. The summed E-state index contributed by atoms with van der Waals surface area (Å²) in [6.45, 7) is 1.81. The number of nitrogens with one attached hydrogen (secondary N) is 1. The summed E-state index contributed by atoms with van der Waals surface area (Å²) in [5.41, 5.74) is 0.418. The van der Waals surface area contributed by atoms with Gasteiger partial charge in [0.25, 0.3) is 0 Å². The van der Waals surface area contributed by atoms with Crippen LogP contribution in [0.2, 0.25) is 0 Å². The molecule has 0 saturated heterocycles. The van der Waals surface area contributed by atoms with Gasteiger partial charge in [0, 0.05) is 6.07 Å². The third-order valence-corrected chi connectivity index (χ3v) is 3.62. The first-order chi connectivity index (χ1) is 8.02. The minimum absolute atomic E-state index is 0.0855. The van der Waals surface area contributed by atoms with E-state index in [1.54, 1.807) is 18.2 Å². The number of ether oxygens (including phenoxy) is 2. The lowest BCUT2D eigenvalue weighted by atomic mass is 10.3. The van der Waals surface area contributed by atoms with Crippen LogP contribution >= 0.6 is 0 Å². The van der Waals surface area contributed by atoms with Crippen molar-refractivity contribution in [3.63, 3.8) is 0 Å². The second-order valence-corrected chi connectivity index (χ2v) is 5.33. The van der Waals surface area contributed by atoms with E-state index in [9.17, 15) is 8.42 Å². The summed E-state index contributed by atoms with van der Waals surface area (Å²) in [6, 6.07) is 4.92. The Labute approximate surface area is 102 Å². The molecule has 0 fully saturated rings. The zero-order valence-electron chi connectivity index (χ0n) is 10.2. The standard InChI is InChI=1S/C11H17NO4S/c1-4-7-17(13,14)12-10-6-5-9(15-2)8-11(10)16-3/h5-6,8,12H,4,7H2,1-3H3. The fourth-order valence-corrected chi connectivity index (χ4v) is 2.51. The van der Waals surface area contributed by atoms with E-state index >= 15 is 0 Å². The van der Waals surface area contributed by atoms with Crippen molar-refractivity contribution in [3.8, 4) is 11.5 Å². The van der Waals surface area contributed by atoms with Gasteiger partial charge in [-0.05, 0) is 18.6 Å². The molecule has 1 rings (SSSR count). The second kappa shape index (κ2) is 5.77. The zero-order chi connectivity index (χ0) is 12.9. The Bertz CT molecular complexity index is 470. The highest BCUT2D eigenvalue weighted by atomic mass is 32.2. The molecule has 0 heterocycles. The number of hydrogen-bond donors (Lipinski definition) is 1. The molecule has 0 aliphatic heterocycles. The minimum atomic E-state index is -3.31. The van der Waals surface area contributed by atoms with Crippen molar-refractivity contribution in [1.29, 1.82) is 0 Å². The first kappa shape index (κ1) is 13.6. The molecule has 0 bridgehead atoms. The molecule has 0 saturated carbocycles. The molecule has 96 valence electrons. The van der Waals surface area contributed by atoms with Crippen molar-refractivity contribution in [2.75, 3.05) is 24.7 Å². The molecule has 1 N–H and O–H groups in total. The van der Waals surface area contributed by atoms with Crippen LogP contribution in [0, 0.1) is 0 Å². The average molecular weight is 259 g/mol. The average Bonchev–Trinajstić information content (AvgIpc) is 2.29. The lowest BCUT2D eigenvalue weighted by Crippen LogP contribution is -2.16. The van der Waals surface area contributed by atoms with Crippen LogP contribution in [0.4, 0.5) is 5.69 Å². The van der Waals surface area contributed by atoms with Gasteiger partial charge < -0.3 is 9.47 Å². The van der Waals surface area contributed by atoms with Crippen LogP contribution < -0.4 is 14.2 Å². The first-order valence-corrected chi connectivity index (χ1v) is 6.90. The highest BCUT2D eigenvalue weighted by Gasteiger charge is 2.12. The highest BCUT2D eigenvalue weighted by Crippen LogP contribution is 2.29. The van der Waals surface area contributed by atoms with E-state index in [2.05, 4.69) is 4.72 Å². The SMILES string of the molecule is CCCS(=O)(=O)Nc1ccc(OC)cc1OC. The maximum atomic E-state index is 11.6. The number of hydrogen-bond acceptors (Lipinski definition) is 4. The van der Waals surface area contributed by atoms with Gasteiger partial charge in [-0.2, -0.15) is 0 Å². The van der Waals surface area contributed by atoms with E-state index in [0.29, 0.717) is 23.6 Å². The van der Waals surface area contributed by atoms with Gasteiger partial charge in [-0.15, -0.1) is 0 Å². The van der Waals surface area contributed by atoms with Crippen LogP contribution in [0.25, 0.3) is 0 Å². The first-order valence-electron chi connectivity index (χ1n) is 5.25. The van der Waals surface area contributed by atoms with Crippen LogP contribution in [0.15, 0.2) is 18.2 Å². The molecule has 0 amide bonds. The molecule has 0 aromatic heterocycles. The third-order valence-electron chi connectivity index (χ3n) is 2.15. The fraction of sp³-hybridized carbons (Fsp3) is 0.455. The van der Waals surface area contributed by atoms with Crippen LogP contribution in [-0.2, 0) is 10.0 Å². The summed E-state index contributed by atoms with van der Waals surface area (Å²) in [5, 5.41) is 0. The Morgan fingerprint density at radius 1 is 1.24 bits per heavy atom. The topological polar surface area (TPSA) is 64.6 Å². The van der Waals surface area contributed by atoms with Gasteiger partial charge in [-0.25, -0.2) is 8.42 Å². The molecule has 0 aliphatic rings. The second-order valence-electron chi connectivity index (χ2n) is 3.49. The van der Waals surface area contributed by atoms with Crippen LogP contribution in [0.3, 0.4) is 0 Å². The van der Waals surface area contributed by atoms with Crippen LogP contribution in [-0.4, -0.2) is 28.4 Å². The van der Waals surface area contributed by atoms with Crippen molar-refractivity contribution in [2.24, 2.45) is 0 Å². The largest absolute Gasteiger partial charge is 0.497 e. The number of methoxy groups -OCH3 is 2. The summed E-state index contributed by atoms with van der Waals surface area (Å²) in [7, 11) is -0.292. The number of anilines is 1. The molecule has 0 aliphatic carbocycles. The molecule has 17 heavy (non-hydrogen) atoms. The molecule has 1 aromatic carbocycles. The predicted molar refractivity (Wildman–Crippen MR) is 67.2 cm³/mol. The van der Waals surface area contributed by atoms with Gasteiger partial charge in [0.15, 0.2) is 0 Å². The normalized spacial score (nSPS) is 11.0. The van der Waals surface area contributed by atoms with Crippen molar-refractivity contribution in [3.05, 3.63) is 18.2 Å². The van der Waals surface area contributed by atoms with E-state index in [0.717, 1.165) is 0 Å². The Morgan fingerprint density at radius 3 is 2.47 bits per heavy atom. The fourth-order valence-electron chi connectivity index (χ4n) is 1.37. The maximum Gasteiger partial charge on any atom is 0.232 e. The molecule has 0 radical (unpaired) electrons. The quantitative estimate of drug-likeness (QED) is 0.846. The third kappa shape index (κ3) is 3.81. The summed E-state index contributed by atoms with van der Waals surface area (Å²) in [5.74, 6) is 1.13. The number of sulfonamides is 1. The summed E-state index contributed by atoms with van der Waals surface area (Å²) < 4.78 is 35.9. The Kier molecular flexibility index (Phi) is 4.62.